The van der Waals surface area contributed by atoms with Gasteiger partial charge in [0.05, 0.1) is 10.6 Å². The zero-order chi connectivity index (χ0) is 22.9. The highest BCUT2D eigenvalue weighted by molar-refractivity contribution is 7.90. The number of hydrogen-bond donors (Lipinski definition) is 1. The summed E-state index contributed by atoms with van der Waals surface area (Å²) in [6.07, 6.45) is 1.18. The molecule has 0 spiro atoms. The van der Waals surface area contributed by atoms with Crippen LogP contribution < -0.4 is 10.5 Å². The van der Waals surface area contributed by atoms with Gasteiger partial charge in [-0.3, -0.25) is 0 Å². The summed E-state index contributed by atoms with van der Waals surface area (Å²) < 4.78 is 45.2. The molecule has 0 saturated heterocycles. The van der Waals surface area contributed by atoms with Crippen LogP contribution in [0, 0.1) is 12.7 Å². The highest BCUT2D eigenvalue weighted by Crippen LogP contribution is 2.31. The number of aromatic nitrogens is 1. The predicted molar refractivity (Wildman–Crippen MR) is 124 cm³/mol. The van der Waals surface area contributed by atoms with E-state index in [1.54, 1.807) is 48.5 Å². The minimum Gasteiger partial charge on any atom is -0.489 e. The lowest BCUT2D eigenvalue weighted by Crippen LogP contribution is -2.02. The molecule has 32 heavy (non-hydrogen) atoms. The minimum absolute atomic E-state index is 0.254. The molecular weight excluding hydrogens is 427 g/mol. The molecule has 0 bridgehead atoms. The molecule has 3 aromatic carbocycles. The lowest BCUT2D eigenvalue weighted by Gasteiger charge is -2.13. The summed E-state index contributed by atoms with van der Waals surface area (Å²) in [7, 11) is -3.29. The Bertz CT molecular complexity index is 1340. The van der Waals surface area contributed by atoms with Crippen molar-refractivity contribution in [3.8, 4) is 22.7 Å². The number of ether oxygens (including phenoxy) is 1. The van der Waals surface area contributed by atoms with Crippen LogP contribution in [-0.4, -0.2) is 19.2 Å². The van der Waals surface area contributed by atoms with Gasteiger partial charge in [0, 0.05) is 28.9 Å². The van der Waals surface area contributed by atoms with E-state index in [1.165, 1.54) is 18.4 Å². The Morgan fingerprint density at radius 1 is 0.938 bits per heavy atom. The third kappa shape index (κ3) is 4.53. The second-order valence-electron chi connectivity index (χ2n) is 7.61. The van der Waals surface area contributed by atoms with Gasteiger partial charge in [-0.05, 0) is 79.2 Å². The van der Waals surface area contributed by atoms with E-state index in [0.717, 1.165) is 28.2 Å². The third-order valence-electron chi connectivity index (χ3n) is 5.29. The van der Waals surface area contributed by atoms with Gasteiger partial charge in [-0.25, -0.2) is 12.8 Å². The van der Waals surface area contributed by atoms with Crippen molar-refractivity contribution in [1.29, 1.82) is 0 Å². The fourth-order valence-electron chi connectivity index (χ4n) is 3.54. The van der Waals surface area contributed by atoms with Crippen LogP contribution in [0.3, 0.4) is 0 Å². The number of rotatable bonds is 6. The third-order valence-corrected chi connectivity index (χ3v) is 6.42. The van der Waals surface area contributed by atoms with Crippen LogP contribution in [0.25, 0.3) is 16.9 Å². The standard InChI is InChI=1S/C25H23FN2O3S/c1-17-19(16-31-23-11-7-21(27)8-12-23)15-25(28(17)22-9-5-20(26)6-10-22)18-3-13-24(14-4-18)32(2,29)30/h3-15H,16,27H2,1-2H3. The van der Waals surface area contributed by atoms with Gasteiger partial charge in [-0.1, -0.05) is 12.1 Å². The summed E-state index contributed by atoms with van der Waals surface area (Å²) in [6.45, 7) is 2.30. The van der Waals surface area contributed by atoms with E-state index in [4.69, 9.17) is 10.5 Å². The van der Waals surface area contributed by atoms with E-state index in [9.17, 15) is 12.8 Å². The summed E-state index contributed by atoms with van der Waals surface area (Å²) in [5.41, 5.74) is 10.8. The molecule has 0 saturated carbocycles. The molecule has 0 atom stereocenters. The van der Waals surface area contributed by atoms with Crippen molar-refractivity contribution in [3.05, 3.63) is 95.9 Å². The summed E-state index contributed by atoms with van der Waals surface area (Å²) >= 11 is 0. The maximum absolute atomic E-state index is 13.5. The number of nitrogens with zero attached hydrogens (tertiary/aromatic N) is 1. The minimum atomic E-state index is -3.29. The highest BCUT2D eigenvalue weighted by atomic mass is 32.2. The van der Waals surface area contributed by atoms with Crippen LogP contribution in [0.1, 0.15) is 11.3 Å². The van der Waals surface area contributed by atoms with Crippen LogP contribution in [-0.2, 0) is 16.4 Å². The van der Waals surface area contributed by atoms with E-state index in [-0.39, 0.29) is 10.7 Å². The normalized spacial score (nSPS) is 11.5. The van der Waals surface area contributed by atoms with Crippen LogP contribution in [0.4, 0.5) is 10.1 Å². The van der Waals surface area contributed by atoms with Gasteiger partial charge in [-0.2, -0.15) is 0 Å². The van der Waals surface area contributed by atoms with Gasteiger partial charge < -0.3 is 15.0 Å². The first-order valence-corrected chi connectivity index (χ1v) is 11.9. The second kappa shape index (κ2) is 8.51. The molecule has 0 amide bonds. The second-order valence-corrected chi connectivity index (χ2v) is 9.62. The lowest BCUT2D eigenvalue weighted by atomic mass is 10.1. The SMILES string of the molecule is Cc1c(COc2ccc(N)cc2)cc(-c2ccc(S(C)(=O)=O)cc2)n1-c1ccc(F)cc1. The van der Waals surface area contributed by atoms with Crippen molar-refractivity contribution in [2.24, 2.45) is 0 Å². The summed E-state index contributed by atoms with van der Waals surface area (Å²) in [6, 6.07) is 22.2. The Labute approximate surface area is 186 Å². The average Bonchev–Trinajstić information content (AvgIpc) is 3.10. The fraction of sp³-hybridized carbons (Fsp3) is 0.120. The van der Waals surface area contributed by atoms with Gasteiger partial charge in [0.2, 0.25) is 0 Å². The molecule has 0 radical (unpaired) electrons. The zero-order valence-electron chi connectivity index (χ0n) is 17.7. The number of sulfone groups is 1. The molecule has 1 heterocycles. The van der Waals surface area contributed by atoms with Gasteiger partial charge in [0.1, 0.15) is 18.2 Å². The quantitative estimate of drug-likeness (QED) is 0.412. The van der Waals surface area contributed by atoms with Gasteiger partial charge in [-0.15, -0.1) is 0 Å². The number of anilines is 1. The smallest absolute Gasteiger partial charge is 0.175 e. The molecular formula is C25H23FN2O3S. The number of halogens is 1. The Hall–Kier alpha value is -3.58. The van der Waals surface area contributed by atoms with Gasteiger partial charge >= 0.3 is 0 Å². The van der Waals surface area contributed by atoms with Crippen molar-refractivity contribution in [2.45, 2.75) is 18.4 Å². The molecule has 4 rings (SSSR count). The van der Waals surface area contributed by atoms with E-state index in [0.29, 0.717) is 18.0 Å². The lowest BCUT2D eigenvalue weighted by molar-refractivity contribution is 0.305. The largest absolute Gasteiger partial charge is 0.489 e. The van der Waals surface area contributed by atoms with Crippen molar-refractivity contribution in [3.63, 3.8) is 0 Å². The Morgan fingerprint density at radius 2 is 1.56 bits per heavy atom. The molecule has 0 aliphatic heterocycles. The number of nitrogens with two attached hydrogens (primary N) is 1. The van der Waals surface area contributed by atoms with Crippen LogP contribution >= 0.6 is 0 Å². The first kappa shape index (κ1) is 21.6. The van der Waals surface area contributed by atoms with E-state index < -0.39 is 9.84 Å². The number of nitrogen functional groups attached to an aromatic ring is 1. The Morgan fingerprint density at radius 3 is 2.16 bits per heavy atom. The summed E-state index contributed by atoms with van der Waals surface area (Å²) in [4.78, 5) is 0.254. The zero-order valence-corrected chi connectivity index (χ0v) is 18.6. The van der Waals surface area contributed by atoms with Crippen LogP contribution in [0.15, 0.2) is 83.8 Å². The molecule has 164 valence electrons. The van der Waals surface area contributed by atoms with Crippen LogP contribution in [0.5, 0.6) is 5.75 Å². The Balaban J connectivity index is 1.76. The first-order chi connectivity index (χ1) is 15.2. The van der Waals surface area contributed by atoms with E-state index >= 15 is 0 Å². The van der Waals surface area contributed by atoms with Crippen molar-refractivity contribution in [2.75, 3.05) is 12.0 Å². The molecule has 0 unspecified atom stereocenters. The van der Waals surface area contributed by atoms with Crippen molar-refractivity contribution >= 4 is 15.5 Å². The Kier molecular flexibility index (Phi) is 5.76. The highest BCUT2D eigenvalue weighted by Gasteiger charge is 2.16. The molecule has 0 fully saturated rings. The molecule has 2 N–H and O–H groups in total. The first-order valence-electron chi connectivity index (χ1n) is 9.98. The topological polar surface area (TPSA) is 74.3 Å². The van der Waals surface area contributed by atoms with E-state index in [1.807, 2.05) is 29.7 Å². The van der Waals surface area contributed by atoms with E-state index in [2.05, 4.69) is 0 Å². The van der Waals surface area contributed by atoms with Gasteiger partial charge in [0.25, 0.3) is 0 Å². The molecule has 5 nitrogen and oxygen atoms in total. The van der Waals surface area contributed by atoms with Crippen LogP contribution in [0.2, 0.25) is 0 Å². The fourth-order valence-corrected chi connectivity index (χ4v) is 4.17. The molecule has 7 heteroatoms. The number of hydrogen-bond acceptors (Lipinski definition) is 4. The monoisotopic (exact) mass is 450 g/mol. The summed E-state index contributed by atoms with van der Waals surface area (Å²) in [5, 5.41) is 0. The maximum atomic E-state index is 13.5. The molecule has 4 aromatic rings. The van der Waals surface area contributed by atoms with Crippen molar-refractivity contribution < 1.29 is 17.5 Å². The maximum Gasteiger partial charge on any atom is 0.175 e. The number of benzene rings is 3. The van der Waals surface area contributed by atoms with Gasteiger partial charge in [0.15, 0.2) is 9.84 Å². The molecule has 1 aromatic heterocycles. The summed E-state index contributed by atoms with van der Waals surface area (Å²) in [5.74, 6) is 0.386. The average molecular weight is 451 g/mol. The molecule has 0 aliphatic rings. The predicted octanol–water partition coefficient (Wildman–Crippen LogP) is 5.16. The molecule has 0 aliphatic carbocycles. The van der Waals surface area contributed by atoms with Crippen molar-refractivity contribution in [1.82, 2.24) is 4.57 Å².